The zero-order chi connectivity index (χ0) is 10.1. The number of carboxylic acid groups (broad SMARTS) is 1. The third-order valence-corrected chi connectivity index (χ3v) is 3.83. The zero-order valence-electron chi connectivity index (χ0n) is 7.01. The maximum Gasteiger partial charge on any atom is 0.404 e. The molecule has 1 heterocycles. The van der Waals surface area contributed by atoms with Gasteiger partial charge in [0.2, 0.25) is 0 Å². The molecule has 1 aliphatic heterocycles. The smallest absolute Gasteiger partial charge is 0.404 e. The second-order valence-electron chi connectivity index (χ2n) is 3.18. The van der Waals surface area contributed by atoms with Crippen molar-refractivity contribution in [1.82, 2.24) is 5.32 Å². The van der Waals surface area contributed by atoms with Crippen molar-refractivity contribution in [3.05, 3.63) is 0 Å². The van der Waals surface area contributed by atoms with Gasteiger partial charge in [-0.2, -0.15) is 10.6 Å². The molecule has 0 bridgehead atoms. The highest BCUT2D eigenvalue weighted by atomic mass is 32.3. The average Bonchev–Trinajstić information content (AvgIpc) is 1.95. The highest BCUT2D eigenvalue weighted by molar-refractivity contribution is 8.24. The Kier molecular flexibility index (Phi) is 3.01. The number of nitrogens with one attached hydrogen (secondary N) is 1. The van der Waals surface area contributed by atoms with Crippen LogP contribution in [0.25, 0.3) is 0 Å². The molecule has 0 spiro atoms. The molecule has 1 rings (SSSR count). The monoisotopic (exact) mass is 210 g/mol. The van der Waals surface area contributed by atoms with E-state index in [2.05, 4.69) is 5.32 Å². The molecule has 1 fully saturated rings. The highest BCUT2D eigenvalue weighted by Crippen LogP contribution is 2.43. The molecule has 0 saturated carbocycles. The molecular weight excluding hydrogens is 196 g/mol. The summed E-state index contributed by atoms with van der Waals surface area (Å²) in [6.07, 6.45) is -0.745. The Morgan fingerprint density at radius 3 is 2.69 bits per heavy atom. The lowest BCUT2D eigenvalue weighted by Gasteiger charge is -2.42. The molecule has 0 aromatic heterocycles. The van der Waals surface area contributed by atoms with Gasteiger partial charge in [0, 0.05) is 11.8 Å². The number of hydrogen-bond donors (Lipinski definition) is 5. The molecule has 1 saturated heterocycles. The van der Waals surface area contributed by atoms with Crippen molar-refractivity contribution < 1.29 is 19.0 Å². The van der Waals surface area contributed by atoms with E-state index in [0.717, 1.165) is 0 Å². The summed E-state index contributed by atoms with van der Waals surface area (Å²) in [6.45, 7) is 0. The van der Waals surface area contributed by atoms with Crippen LogP contribution in [-0.2, 0) is 0 Å². The van der Waals surface area contributed by atoms with E-state index in [0.29, 0.717) is 6.42 Å². The van der Waals surface area contributed by atoms with Crippen LogP contribution in [0.15, 0.2) is 0 Å². The van der Waals surface area contributed by atoms with Gasteiger partial charge >= 0.3 is 6.09 Å². The summed E-state index contributed by atoms with van der Waals surface area (Å²) < 4.78 is 18.7. The summed E-state index contributed by atoms with van der Waals surface area (Å²) in [5.74, 6) is 0.298. The molecule has 1 amide bonds. The first-order chi connectivity index (χ1) is 5.91. The van der Waals surface area contributed by atoms with E-state index in [4.69, 9.17) is 10.8 Å². The first-order valence-corrected chi connectivity index (χ1v) is 5.78. The van der Waals surface area contributed by atoms with Gasteiger partial charge < -0.3 is 16.2 Å². The van der Waals surface area contributed by atoms with Crippen molar-refractivity contribution in [2.24, 2.45) is 5.73 Å². The molecule has 0 aliphatic carbocycles. The molecule has 0 aromatic carbocycles. The Balaban J connectivity index is 2.55. The quantitative estimate of drug-likeness (QED) is 0.421. The molecule has 7 heteroatoms. The minimum Gasteiger partial charge on any atom is -0.465 e. The first-order valence-electron chi connectivity index (χ1n) is 3.89. The van der Waals surface area contributed by atoms with Gasteiger partial charge in [0.05, 0.1) is 11.8 Å². The van der Waals surface area contributed by atoms with E-state index in [1.807, 2.05) is 0 Å². The molecule has 2 atom stereocenters. The fraction of sp³-hybridized carbons (Fsp3) is 0.833. The van der Waals surface area contributed by atoms with Crippen molar-refractivity contribution in [1.29, 1.82) is 0 Å². The Bertz CT molecular complexity index is 211. The third kappa shape index (κ3) is 3.03. The van der Waals surface area contributed by atoms with E-state index in [9.17, 15) is 13.9 Å². The lowest BCUT2D eigenvalue weighted by molar-refractivity contribution is 0.188. The van der Waals surface area contributed by atoms with Gasteiger partial charge in [-0.1, -0.05) is 0 Å². The first kappa shape index (κ1) is 10.6. The summed E-state index contributed by atoms with van der Waals surface area (Å²) in [7, 11) is -2.62. The standard InChI is InChI=1S/C6H14N2O4S/c7-4-1-2-13(11,12)3-5(4)8-6(9)10/h4-5,8,11-12H,1-3,7H2,(H,9,10)/t4-,5+/m0/s1. The SMILES string of the molecule is N[C@H]1CCS(O)(O)C[C@H]1NC(=O)O. The second-order valence-corrected chi connectivity index (χ2v) is 5.53. The summed E-state index contributed by atoms with van der Waals surface area (Å²) in [5.41, 5.74) is 5.61. The van der Waals surface area contributed by atoms with E-state index in [1.165, 1.54) is 0 Å². The van der Waals surface area contributed by atoms with Crippen LogP contribution in [0, 0.1) is 0 Å². The molecule has 0 unspecified atom stereocenters. The van der Waals surface area contributed by atoms with Crippen molar-refractivity contribution in [2.75, 3.05) is 11.5 Å². The summed E-state index contributed by atoms with van der Waals surface area (Å²) in [4.78, 5) is 10.3. The van der Waals surface area contributed by atoms with Crippen molar-refractivity contribution in [3.8, 4) is 0 Å². The van der Waals surface area contributed by atoms with Gasteiger partial charge in [-0.3, -0.25) is 9.11 Å². The minimum absolute atomic E-state index is 0.0282. The maximum atomic E-state index is 10.3. The van der Waals surface area contributed by atoms with Gasteiger partial charge in [0.15, 0.2) is 0 Å². The van der Waals surface area contributed by atoms with E-state index < -0.39 is 22.7 Å². The van der Waals surface area contributed by atoms with Crippen molar-refractivity contribution >= 4 is 16.7 Å². The Labute approximate surface area is 77.5 Å². The summed E-state index contributed by atoms with van der Waals surface area (Å²) >= 11 is 0. The van der Waals surface area contributed by atoms with Crippen LogP contribution < -0.4 is 11.1 Å². The number of nitrogens with two attached hydrogens (primary N) is 1. The molecule has 6 nitrogen and oxygen atoms in total. The normalized spacial score (nSPS) is 35.0. The fourth-order valence-corrected chi connectivity index (χ4v) is 3.05. The average molecular weight is 210 g/mol. The molecule has 0 aromatic rings. The molecule has 1 aliphatic rings. The number of hydrogen-bond acceptors (Lipinski definition) is 4. The minimum atomic E-state index is -2.62. The lowest BCUT2D eigenvalue weighted by Crippen LogP contribution is -2.53. The molecule has 13 heavy (non-hydrogen) atoms. The molecule has 78 valence electrons. The van der Waals surface area contributed by atoms with Crippen molar-refractivity contribution in [3.63, 3.8) is 0 Å². The van der Waals surface area contributed by atoms with E-state index in [1.54, 1.807) is 0 Å². The van der Waals surface area contributed by atoms with Crippen LogP contribution in [0.3, 0.4) is 0 Å². The summed E-state index contributed by atoms with van der Waals surface area (Å²) in [5, 5.41) is 10.6. The largest absolute Gasteiger partial charge is 0.465 e. The van der Waals surface area contributed by atoms with Crippen LogP contribution in [0.2, 0.25) is 0 Å². The van der Waals surface area contributed by atoms with Gasteiger partial charge in [0.1, 0.15) is 0 Å². The van der Waals surface area contributed by atoms with Crippen LogP contribution in [-0.4, -0.2) is 43.9 Å². The lowest BCUT2D eigenvalue weighted by atomic mass is 10.1. The van der Waals surface area contributed by atoms with Crippen LogP contribution in [0.1, 0.15) is 6.42 Å². The van der Waals surface area contributed by atoms with Gasteiger partial charge in [0.25, 0.3) is 0 Å². The van der Waals surface area contributed by atoms with Crippen LogP contribution in [0.5, 0.6) is 0 Å². The van der Waals surface area contributed by atoms with Crippen LogP contribution in [0.4, 0.5) is 4.79 Å². The Hall–Kier alpha value is -0.500. The Morgan fingerprint density at radius 1 is 1.54 bits per heavy atom. The number of amides is 1. The van der Waals surface area contributed by atoms with E-state index >= 15 is 0 Å². The highest BCUT2D eigenvalue weighted by Gasteiger charge is 2.31. The van der Waals surface area contributed by atoms with E-state index in [-0.39, 0.29) is 17.5 Å². The predicted molar refractivity (Wildman–Crippen MR) is 50.1 cm³/mol. The topological polar surface area (TPSA) is 116 Å². The summed E-state index contributed by atoms with van der Waals surface area (Å²) in [6, 6.07) is -0.868. The second kappa shape index (κ2) is 3.70. The molecular formula is C6H14N2O4S. The van der Waals surface area contributed by atoms with Crippen molar-refractivity contribution in [2.45, 2.75) is 18.5 Å². The predicted octanol–water partition coefficient (Wildman–Crippen LogP) is 0.104. The number of carbonyl (C=O) groups is 1. The maximum absolute atomic E-state index is 10.3. The number of rotatable bonds is 1. The zero-order valence-corrected chi connectivity index (χ0v) is 7.83. The third-order valence-electron chi connectivity index (χ3n) is 2.05. The van der Waals surface area contributed by atoms with Gasteiger partial charge in [-0.15, -0.1) is 0 Å². The fourth-order valence-electron chi connectivity index (χ4n) is 1.33. The molecule has 0 radical (unpaired) electrons. The van der Waals surface area contributed by atoms with Crippen LogP contribution >= 0.6 is 10.6 Å². The Morgan fingerprint density at radius 2 is 2.15 bits per heavy atom. The molecule has 6 N–H and O–H groups in total. The van der Waals surface area contributed by atoms with Gasteiger partial charge in [-0.25, -0.2) is 4.79 Å². The van der Waals surface area contributed by atoms with Gasteiger partial charge in [-0.05, 0) is 6.42 Å².